The van der Waals surface area contributed by atoms with Gasteiger partial charge in [0, 0.05) is 17.8 Å². The Morgan fingerprint density at radius 1 is 1.43 bits per heavy atom. The van der Waals surface area contributed by atoms with Crippen LogP contribution in [0.2, 0.25) is 0 Å². The van der Waals surface area contributed by atoms with Gasteiger partial charge in [0.1, 0.15) is 0 Å². The third-order valence-corrected chi connectivity index (χ3v) is 4.17. The molecule has 0 radical (unpaired) electrons. The van der Waals surface area contributed by atoms with E-state index >= 15 is 0 Å². The number of fused-ring (bicyclic) bond motifs is 1. The Kier molecular flexibility index (Phi) is 4.35. The maximum atomic E-state index is 13.6. The van der Waals surface area contributed by atoms with Gasteiger partial charge in [0.25, 0.3) is 0 Å². The average molecular weight is 291 g/mol. The maximum Gasteiger partial charge on any atom is 0.365 e. The molecule has 1 aliphatic rings. The first-order valence-electron chi connectivity index (χ1n) is 7.34. The fourth-order valence-electron chi connectivity index (χ4n) is 3.09. The second-order valence-electron chi connectivity index (χ2n) is 5.98. The van der Waals surface area contributed by atoms with Crippen LogP contribution in [-0.4, -0.2) is 23.2 Å². The van der Waals surface area contributed by atoms with Crippen molar-refractivity contribution in [3.63, 3.8) is 0 Å². The van der Waals surface area contributed by atoms with Gasteiger partial charge in [0.2, 0.25) is 5.83 Å². The van der Waals surface area contributed by atoms with Gasteiger partial charge in [-0.05, 0) is 69.4 Å². The van der Waals surface area contributed by atoms with Crippen molar-refractivity contribution < 1.29 is 14.3 Å². The van der Waals surface area contributed by atoms with Gasteiger partial charge < -0.3 is 10.0 Å². The first-order valence-corrected chi connectivity index (χ1v) is 7.34. The zero-order valence-electron chi connectivity index (χ0n) is 13.0. The molecule has 0 bridgehead atoms. The van der Waals surface area contributed by atoms with Gasteiger partial charge in [-0.25, -0.2) is 4.79 Å². The lowest BCUT2D eigenvalue weighted by molar-refractivity contribution is -0.134. The fourth-order valence-corrected chi connectivity index (χ4v) is 3.09. The molecule has 3 nitrogen and oxygen atoms in total. The first kappa shape index (κ1) is 15.5. The number of aryl methyl sites for hydroxylation is 1. The van der Waals surface area contributed by atoms with Crippen molar-refractivity contribution in [3.8, 4) is 0 Å². The minimum atomic E-state index is -1.51. The third kappa shape index (κ3) is 2.94. The van der Waals surface area contributed by atoms with Gasteiger partial charge in [-0.15, -0.1) is 0 Å². The molecular weight excluding hydrogens is 269 g/mol. The number of allylic oxidation sites excluding steroid dienone is 1. The Balaban J connectivity index is 2.46. The number of nitrogens with zero attached hydrogens (tertiary/aromatic N) is 1. The normalized spacial score (nSPS) is 19.3. The minimum absolute atomic E-state index is 0.181. The number of halogens is 1. The quantitative estimate of drug-likeness (QED) is 0.855. The van der Waals surface area contributed by atoms with Gasteiger partial charge in [0.15, 0.2) is 0 Å². The molecule has 0 aliphatic carbocycles. The van der Waals surface area contributed by atoms with Crippen molar-refractivity contribution in [1.29, 1.82) is 0 Å². The van der Waals surface area contributed by atoms with Gasteiger partial charge in [-0.3, -0.25) is 0 Å². The summed E-state index contributed by atoms with van der Waals surface area (Å²) in [4.78, 5) is 13.1. The fraction of sp³-hybridized carbons (Fsp3) is 0.471. The van der Waals surface area contributed by atoms with Crippen molar-refractivity contribution in [2.45, 2.75) is 52.6 Å². The number of benzene rings is 1. The smallest absolute Gasteiger partial charge is 0.365 e. The summed E-state index contributed by atoms with van der Waals surface area (Å²) < 4.78 is 13.6. The Labute approximate surface area is 125 Å². The molecule has 0 saturated carbocycles. The molecule has 4 heteroatoms. The Morgan fingerprint density at radius 3 is 2.67 bits per heavy atom. The van der Waals surface area contributed by atoms with Crippen LogP contribution in [0.15, 0.2) is 24.0 Å². The molecular formula is C17H22FNO2. The highest BCUT2D eigenvalue weighted by Crippen LogP contribution is 2.34. The molecule has 2 rings (SSSR count). The van der Waals surface area contributed by atoms with Crippen molar-refractivity contribution in [3.05, 3.63) is 35.2 Å². The topological polar surface area (TPSA) is 40.5 Å². The van der Waals surface area contributed by atoms with Gasteiger partial charge in [-0.1, -0.05) is 6.07 Å². The molecule has 0 saturated heterocycles. The summed E-state index contributed by atoms with van der Waals surface area (Å²) in [5.41, 5.74) is 3.17. The SMILES string of the molecule is CC(=C(F)C(=O)O)c1ccc2c(c1)CCC(C)N2C(C)C. The van der Waals surface area contributed by atoms with E-state index in [2.05, 4.69) is 25.7 Å². The molecule has 21 heavy (non-hydrogen) atoms. The number of hydrogen-bond acceptors (Lipinski definition) is 2. The molecule has 1 aliphatic heterocycles. The molecule has 1 atom stereocenters. The van der Waals surface area contributed by atoms with E-state index in [0.717, 1.165) is 18.4 Å². The number of rotatable bonds is 3. The summed E-state index contributed by atoms with van der Waals surface area (Å²) in [6.45, 7) is 8.05. The average Bonchev–Trinajstić information content (AvgIpc) is 2.44. The molecule has 114 valence electrons. The molecule has 0 spiro atoms. The summed E-state index contributed by atoms with van der Waals surface area (Å²) in [7, 11) is 0. The second-order valence-corrected chi connectivity index (χ2v) is 5.98. The molecule has 1 unspecified atom stereocenters. The largest absolute Gasteiger partial charge is 0.476 e. The number of hydrogen-bond donors (Lipinski definition) is 1. The summed E-state index contributed by atoms with van der Waals surface area (Å²) in [5.74, 6) is -2.59. The monoisotopic (exact) mass is 291 g/mol. The van der Waals surface area contributed by atoms with E-state index in [1.807, 2.05) is 18.2 Å². The van der Waals surface area contributed by atoms with E-state index in [9.17, 15) is 9.18 Å². The van der Waals surface area contributed by atoms with Gasteiger partial charge >= 0.3 is 5.97 Å². The maximum absolute atomic E-state index is 13.6. The number of anilines is 1. The van der Waals surface area contributed by atoms with E-state index in [0.29, 0.717) is 17.6 Å². The highest BCUT2D eigenvalue weighted by Gasteiger charge is 2.25. The zero-order chi connectivity index (χ0) is 15.7. The van der Waals surface area contributed by atoms with E-state index in [4.69, 9.17) is 5.11 Å². The molecule has 0 aromatic heterocycles. The Morgan fingerprint density at radius 2 is 2.10 bits per heavy atom. The second kappa shape index (κ2) is 5.88. The molecule has 1 heterocycles. The van der Waals surface area contributed by atoms with Crippen LogP contribution in [-0.2, 0) is 11.2 Å². The van der Waals surface area contributed by atoms with Crippen molar-refractivity contribution in [2.75, 3.05) is 4.90 Å². The lowest BCUT2D eigenvalue weighted by Crippen LogP contribution is -2.42. The number of carboxylic acid groups (broad SMARTS) is 1. The Bertz CT molecular complexity index is 592. The van der Waals surface area contributed by atoms with Gasteiger partial charge in [0.05, 0.1) is 0 Å². The van der Waals surface area contributed by atoms with E-state index in [1.54, 1.807) is 0 Å². The molecule has 0 amide bonds. The summed E-state index contributed by atoms with van der Waals surface area (Å²) >= 11 is 0. The lowest BCUT2D eigenvalue weighted by atomic mass is 9.92. The van der Waals surface area contributed by atoms with E-state index in [1.165, 1.54) is 12.6 Å². The van der Waals surface area contributed by atoms with E-state index < -0.39 is 11.8 Å². The van der Waals surface area contributed by atoms with Crippen LogP contribution in [0.1, 0.15) is 45.2 Å². The summed E-state index contributed by atoms with van der Waals surface area (Å²) in [6, 6.07) is 6.60. The standard InChI is InChI=1S/C17H22FNO2/c1-10(2)19-11(3)5-6-14-9-13(7-8-15(14)19)12(4)16(18)17(20)21/h7-11H,5-6H2,1-4H3,(H,20,21). The van der Waals surface area contributed by atoms with Crippen LogP contribution in [0.3, 0.4) is 0 Å². The molecule has 1 aromatic carbocycles. The van der Waals surface area contributed by atoms with Crippen LogP contribution in [0.25, 0.3) is 5.57 Å². The van der Waals surface area contributed by atoms with Gasteiger partial charge in [-0.2, -0.15) is 4.39 Å². The van der Waals surface area contributed by atoms with Crippen molar-refractivity contribution in [1.82, 2.24) is 0 Å². The number of carbonyl (C=O) groups is 1. The van der Waals surface area contributed by atoms with Crippen LogP contribution in [0.4, 0.5) is 10.1 Å². The highest BCUT2D eigenvalue weighted by molar-refractivity contribution is 5.93. The predicted octanol–water partition coefficient (Wildman–Crippen LogP) is 4.02. The van der Waals surface area contributed by atoms with Crippen LogP contribution in [0.5, 0.6) is 0 Å². The molecule has 0 fully saturated rings. The summed E-state index contributed by atoms with van der Waals surface area (Å²) in [6.07, 6.45) is 1.99. The Hall–Kier alpha value is -1.84. The number of carboxylic acids is 1. The number of aliphatic carboxylic acids is 1. The van der Waals surface area contributed by atoms with Crippen LogP contribution < -0.4 is 4.90 Å². The predicted molar refractivity (Wildman–Crippen MR) is 83.2 cm³/mol. The molecule has 1 aromatic rings. The lowest BCUT2D eigenvalue weighted by Gasteiger charge is -2.40. The van der Waals surface area contributed by atoms with Crippen molar-refractivity contribution >= 4 is 17.2 Å². The van der Waals surface area contributed by atoms with Crippen LogP contribution >= 0.6 is 0 Å². The summed E-state index contributed by atoms with van der Waals surface area (Å²) in [5, 5.41) is 8.76. The molecule has 1 N–H and O–H groups in total. The van der Waals surface area contributed by atoms with E-state index in [-0.39, 0.29) is 5.57 Å². The zero-order valence-corrected chi connectivity index (χ0v) is 13.0. The minimum Gasteiger partial charge on any atom is -0.476 e. The first-order chi connectivity index (χ1) is 9.82. The van der Waals surface area contributed by atoms with Crippen molar-refractivity contribution in [2.24, 2.45) is 0 Å². The third-order valence-electron chi connectivity index (χ3n) is 4.17. The van der Waals surface area contributed by atoms with Crippen LogP contribution in [0, 0.1) is 0 Å². The highest BCUT2D eigenvalue weighted by atomic mass is 19.1.